The average molecular weight is 356 g/mol. The Balaban J connectivity index is 2.36. The minimum atomic E-state index is -1.25. The van der Waals surface area contributed by atoms with Crippen molar-refractivity contribution in [2.45, 2.75) is 12.1 Å². The second kappa shape index (κ2) is 5.07. The van der Waals surface area contributed by atoms with Gasteiger partial charge in [0.1, 0.15) is 5.54 Å². The molecule has 6 heteroatoms. The van der Waals surface area contributed by atoms with Gasteiger partial charge in [-0.15, -0.1) is 0 Å². The number of carbonyl (C=O) groups is 1. The maximum atomic E-state index is 11.7. The van der Waals surface area contributed by atoms with Gasteiger partial charge >= 0.3 is 0 Å². The molecule has 5 nitrogen and oxygen atoms in total. The van der Waals surface area contributed by atoms with Gasteiger partial charge in [-0.1, -0.05) is 30.3 Å². The lowest BCUT2D eigenvalue weighted by atomic mass is 9.90. The second-order valence-electron chi connectivity index (χ2n) is 4.06. The highest BCUT2D eigenvalue weighted by Gasteiger charge is 2.34. The number of primary amides is 1. The third kappa shape index (κ3) is 2.54. The van der Waals surface area contributed by atoms with Crippen LogP contribution in [0.25, 0.3) is 0 Å². The molecule has 1 amide bonds. The monoisotopic (exact) mass is 356 g/mol. The van der Waals surface area contributed by atoms with Gasteiger partial charge in [0.05, 0.1) is 16.3 Å². The van der Waals surface area contributed by atoms with E-state index in [4.69, 9.17) is 11.5 Å². The molecule has 0 aliphatic carbocycles. The smallest absolute Gasteiger partial charge is 0.244 e. The molecule has 0 saturated heterocycles. The molecule has 2 aromatic rings. The van der Waals surface area contributed by atoms with E-state index in [2.05, 4.69) is 27.7 Å². The van der Waals surface area contributed by atoms with Crippen molar-refractivity contribution in [2.75, 3.05) is 0 Å². The number of rotatable bonds is 4. The van der Waals surface area contributed by atoms with E-state index in [1.54, 1.807) is 23.0 Å². The van der Waals surface area contributed by atoms with E-state index in [1.165, 1.54) is 0 Å². The number of benzene rings is 1. The number of halogens is 1. The highest BCUT2D eigenvalue weighted by atomic mass is 127. The molecule has 1 unspecified atom stereocenters. The van der Waals surface area contributed by atoms with E-state index in [1.807, 2.05) is 24.4 Å². The molecular weight excluding hydrogens is 343 g/mol. The second-order valence-corrected chi connectivity index (χ2v) is 5.30. The van der Waals surface area contributed by atoms with Gasteiger partial charge in [-0.3, -0.25) is 9.48 Å². The first kappa shape index (κ1) is 13.0. The Kier molecular flexibility index (Phi) is 3.67. The lowest BCUT2D eigenvalue weighted by Crippen LogP contribution is -2.52. The zero-order valence-electron chi connectivity index (χ0n) is 9.58. The van der Waals surface area contributed by atoms with Crippen molar-refractivity contribution in [3.63, 3.8) is 0 Å². The van der Waals surface area contributed by atoms with Crippen LogP contribution in [0, 0.1) is 3.57 Å². The zero-order chi connectivity index (χ0) is 13.2. The number of amides is 1. The van der Waals surface area contributed by atoms with Crippen molar-refractivity contribution < 1.29 is 4.79 Å². The number of nitrogens with zero attached hydrogens (tertiary/aromatic N) is 2. The van der Waals surface area contributed by atoms with Crippen LogP contribution in [-0.4, -0.2) is 15.7 Å². The molecule has 0 aliphatic rings. The Bertz CT molecular complexity index is 554. The Morgan fingerprint density at radius 3 is 2.56 bits per heavy atom. The minimum Gasteiger partial charge on any atom is -0.368 e. The average Bonchev–Trinajstić information content (AvgIpc) is 2.75. The summed E-state index contributed by atoms with van der Waals surface area (Å²) < 4.78 is 2.60. The molecule has 0 radical (unpaired) electrons. The van der Waals surface area contributed by atoms with Gasteiger partial charge in [0.2, 0.25) is 5.91 Å². The fourth-order valence-electron chi connectivity index (χ4n) is 1.73. The molecule has 1 atom stereocenters. The normalized spacial score (nSPS) is 14.1. The van der Waals surface area contributed by atoms with Gasteiger partial charge in [-0.2, -0.15) is 5.10 Å². The quantitative estimate of drug-likeness (QED) is 0.796. The van der Waals surface area contributed by atoms with E-state index < -0.39 is 11.4 Å². The molecule has 0 aliphatic heterocycles. The summed E-state index contributed by atoms with van der Waals surface area (Å²) in [6.45, 7) is 0.218. The molecule has 0 spiro atoms. The lowest BCUT2D eigenvalue weighted by molar-refractivity contribution is -0.124. The number of aromatic nitrogens is 2. The summed E-state index contributed by atoms with van der Waals surface area (Å²) >= 11 is 2.14. The number of hydrogen-bond donors (Lipinski definition) is 2. The Labute approximate surface area is 118 Å². The maximum Gasteiger partial charge on any atom is 0.244 e. The van der Waals surface area contributed by atoms with E-state index in [9.17, 15) is 4.79 Å². The standard InChI is InChI=1S/C12H13IN4O/c13-10-6-16-17(7-10)8-12(15,11(14)18)9-4-2-1-3-5-9/h1-7H,8,15H2,(H2,14,18). The molecule has 1 aromatic heterocycles. The fraction of sp³-hybridized carbons (Fsp3) is 0.167. The first-order chi connectivity index (χ1) is 8.52. The summed E-state index contributed by atoms with van der Waals surface area (Å²) in [5.41, 5.74) is 11.0. The molecule has 0 fully saturated rings. The summed E-state index contributed by atoms with van der Waals surface area (Å²) in [7, 11) is 0. The first-order valence-corrected chi connectivity index (χ1v) is 6.42. The molecule has 1 heterocycles. The van der Waals surface area contributed by atoms with Crippen molar-refractivity contribution in [1.29, 1.82) is 0 Å². The molecule has 18 heavy (non-hydrogen) atoms. The predicted octanol–water partition coefficient (Wildman–Crippen LogP) is 0.827. The number of nitrogens with two attached hydrogens (primary N) is 2. The Morgan fingerprint density at radius 2 is 2.06 bits per heavy atom. The summed E-state index contributed by atoms with van der Waals surface area (Å²) in [5.74, 6) is -0.570. The molecule has 0 bridgehead atoms. The van der Waals surface area contributed by atoms with Gasteiger partial charge in [0, 0.05) is 6.20 Å². The molecule has 2 rings (SSSR count). The van der Waals surface area contributed by atoms with Gasteiger partial charge in [-0.05, 0) is 28.2 Å². The van der Waals surface area contributed by atoms with E-state index in [0.717, 1.165) is 3.57 Å². The van der Waals surface area contributed by atoms with Crippen LogP contribution in [-0.2, 0) is 16.9 Å². The highest BCUT2D eigenvalue weighted by molar-refractivity contribution is 14.1. The summed E-state index contributed by atoms with van der Waals surface area (Å²) in [6, 6.07) is 9.10. The van der Waals surface area contributed by atoms with Crippen LogP contribution in [0.5, 0.6) is 0 Å². The van der Waals surface area contributed by atoms with Crippen molar-refractivity contribution in [1.82, 2.24) is 9.78 Å². The number of hydrogen-bond acceptors (Lipinski definition) is 3. The Hall–Kier alpha value is -1.41. The predicted molar refractivity (Wildman–Crippen MR) is 76.4 cm³/mol. The summed E-state index contributed by atoms with van der Waals surface area (Å²) in [5, 5.41) is 4.13. The van der Waals surface area contributed by atoms with Gasteiger partial charge in [0.15, 0.2) is 0 Å². The SMILES string of the molecule is NC(=O)C(N)(Cn1cc(I)cn1)c1ccccc1. The summed E-state index contributed by atoms with van der Waals surface area (Å²) in [6.07, 6.45) is 3.51. The van der Waals surface area contributed by atoms with Crippen LogP contribution in [0.4, 0.5) is 0 Å². The van der Waals surface area contributed by atoms with E-state index in [0.29, 0.717) is 5.56 Å². The van der Waals surface area contributed by atoms with Crippen LogP contribution in [0.15, 0.2) is 42.7 Å². The Morgan fingerprint density at radius 1 is 1.39 bits per heavy atom. The van der Waals surface area contributed by atoms with Crippen molar-refractivity contribution in [2.24, 2.45) is 11.5 Å². The molecular formula is C12H13IN4O. The molecule has 94 valence electrons. The van der Waals surface area contributed by atoms with E-state index in [-0.39, 0.29) is 6.54 Å². The van der Waals surface area contributed by atoms with Crippen LogP contribution in [0.3, 0.4) is 0 Å². The lowest BCUT2D eigenvalue weighted by Gasteiger charge is -2.26. The molecule has 4 N–H and O–H groups in total. The molecule has 1 aromatic carbocycles. The van der Waals surface area contributed by atoms with E-state index >= 15 is 0 Å². The van der Waals surface area contributed by atoms with Gasteiger partial charge < -0.3 is 11.5 Å². The third-order valence-electron chi connectivity index (χ3n) is 2.74. The van der Waals surface area contributed by atoms with Crippen molar-refractivity contribution >= 4 is 28.5 Å². The van der Waals surface area contributed by atoms with Crippen LogP contribution in [0.2, 0.25) is 0 Å². The largest absolute Gasteiger partial charge is 0.368 e. The first-order valence-electron chi connectivity index (χ1n) is 5.34. The zero-order valence-corrected chi connectivity index (χ0v) is 11.7. The van der Waals surface area contributed by atoms with Gasteiger partial charge in [0.25, 0.3) is 0 Å². The van der Waals surface area contributed by atoms with Crippen LogP contribution >= 0.6 is 22.6 Å². The minimum absolute atomic E-state index is 0.218. The molecule has 0 saturated carbocycles. The summed E-state index contributed by atoms with van der Waals surface area (Å²) in [4.78, 5) is 11.7. The van der Waals surface area contributed by atoms with Crippen molar-refractivity contribution in [3.8, 4) is 0 Å². The number of carbonyl (C=O) groups excluding carboxylic acids is 1. The topological polar surface area (TPSA) is 86.9 Å². The maximum absolute atomic E-state index is 11.7. The van der Waals surface area contributed by atoms with Crippen molar-refractivity contribution in [3.05, 3.63) is 51.9 Å². The van der Waals surface area contributed by atoms with Gasteiger partial charge in [-0.25, -0.2) is 0 Å². The highest BCUT2D eigenvalue weighted by Crippen LogP contribution is 2.20. The third-order valence-corrected chi connectivity index (χ3v) is 3.30. The fourth-order valence-corrected chi connectivity index (χ4v) is 2.17. The van der Waals surface area contributed by atoms with Crippen LogP contribution in [0.1, 0.15) is 5.56 Å². The van der Waals surface area contributed by atoms with Crippen LogP contribution < -0.4 is 11.5 Å².